The van der Waals surface area contributed by atoms with Crippen LogP contribution in [0.4, 0.5) is 5.69 Å². The quantitative estimate of drug-likeness (QED) is 0.837. The summed E-state index contributed by atoms with van der Waals surface area (Å²) in [5, 5.41) is 3.34. The van der Waals surface area contributed by atoms with E-state index < -0.39 is 0 Å². The zero-order valence-corrected chi connectivity index (χ0v) is 11.5. The highest BCUT2D eigenvalue weighted by Crippen LogP contribution is 2.32. The third-order valence-electron chi connectivity index (χ3n) is 3.31. The predicted octanol–water partition coefficient (Wildman–Crippen LogP) is 3.48. The van der Waals surface area contributed by atoms with Gasteiger partial charge in [-0.3, -0.25) is 0 Å². The fraction of sp³-hybridized carbons (Fsp3) is 0.467. The molecular weight excluding hydrogens is 208 g/mol. The molecule has 92 valence electrons. The van der Waals surface area contributed by atoms with Gasteiger partial charge in [0, 0.05) is 17.6 Å². The summed E-state index contributed by atoms with van der Waals surface area (Å²) in [6, 6.07) is 4.53. The lowest BCUT2D eigenvalue weighted by atomic mass is 10.0. The summed E-state index contributed by atoms with van der Waals surface area (Å²) >= 11 is 0. The van der Waals surface area contributed by atoms with Gasteiger partial charge in [0.1, 0.15) is 0 Å². The van der Waals surface area contributed by atoms with Crippen LogP contribution in [0.5, 0.6) is 0 Å². The molecule has 0 fully saturated rings. The number of nitrogens with zero attached hydrogens (tertiary/aromatic N) is 1. The van der Waals surface area contributed by atoms with Crippen molar-refractivity contribution < 1.29 is 0 Å². The van der Waals surface area contributed by atoms with E-state index in [1.807, 2.05) is 0 Å². The minimum atomic E-state index is 0.546. The lowest BCUT2D eigenvalue weighted by molar-refractivity contribution is 0.728. The monoisotopic (exact) mass is 230 g/mol. The van der Waals surface area contributed by atoms with Gasteiger partial charge >= 0.3 is 0 Å². The molecule has 2 nitrogen and oxygen atoms in total. The number of allylic oxidation sites excluding steroid dienone is 1. The fourth-order valence-electron chi connectivity index (χ4n) is 2.70. The van der Waals surface area contributed by atoms with Crippen molar-refractivity contribution in [3.8, 4) is 0 Å². The van der Waals surface area contributed by atoms with Gasteiger partial charge in [0.25, 0.3) is 0 Å². The molecule has 0 spiro atoms. The van der Waals surface area contributed by atoms with Gasteiger partial charge in [0.2, 0.25) is 0 Å². The number of anilines is 1. The number of nitrogens with one attached hydrogen (secondary N) is 1. The van der Waals surface area contributed by atoms with Crippen LogP contribution in [0.15, 0.2) is 24.0 Å². The Balaban J connectivity index is 2.45. The zero-order chi connectivity index (χ0) is 12.6. The Morgan fingerprint density at radius 3 is 2.24 bits per heavy atom. The summed E-state index contributed by atoms with van der Waals surface area (Å²) in [5.74, 6) is 0.546. The van der Waals surface area contributed by atoms with Gasteiger partial charge in [-0.1, -0.05) is 31.5 Å². The van der Waals surface area contributed by atoms with Crippen molar-refractivity contribution in [3.05, 3.63) is 40.7 Å². The molecule has 0 amide bonds. The molecule has 0 atom stereocenters. The molecule has 0 radical (unpaired) electrons. The van der Waals surface area contributed by atoms with Crippen LogP contribution in [0, 0.1) is 26.7 Å². The lowest BCUT2D eigenvalue weighted by Crippen LogP contribution is -2.26. The summed E-state index contributed by atoms with van der Waals surface area (Å²) in [6.07, 6.45) is 2.14. The van der Waals surface area contributed by atoms with Gasteiger partial charge in [-0.15, -0.1) is 0 Å². The van der Waals surface area contributed by atoms with Crippen molar-refractivity contribution in [3.63, 3.8) is 0 Å². The normalized spacial score (nSPS) is 15.2. The molecule has 2 rings (SSSR count). The van der Waals surface area contributed by atoms with E-state index in [-0.39, 0.29) is 0 Å². The van der Waals surface area contributed by atoms with Crippen LogP contribution in [-0.2, 0) is 0 Å². The molecule has 0 aromatic heterocycles. The maximum Gasteiger partial charge on any atom is 0.0919 e. The van der Waals surface area contributed by atoms with E-state index in [9.17, 15) is 0 Å². The van der Waals surface area contributed by atoms with E-state index in [2.05, 4.69) is 63.2 Å². The zero-order valence-electron chi connectivity index (χ0n) is 11.5. The van der Waals surface area contributed by atoms with E-state index in [0.717, 1.165) is 6.67 Å². The highest BCUT2D eigenvalue weighted by molar-refractivity contribution is 5.64. The van der Waals surface area contributed by atoms with Crippen molar-refractivity contribution >= 4 is 5.69 Å². The first-order valence-electron chi connectivity index (χ1n) is 6.29. The first-order valence-corrected chi connectivity index (χ1v) is 6.29. The third kappa shape index (κ3) is 2.17. The predicted molar refractivity (Wildman–Crippen MR) is 74.1 cm³/mol. The lowest BCUT2D eigenvalue weighted by Gasteiger charge is -2.27. The summed E-state index contributed by atoms with van der Waals surface area (Å²) in [4.78, 5) is 2.40. The molecule has 1 aromatic rings. The number of benzene rings is 1. The second-order valence-corrected chi connectivity index (χ2v) is 5.26. The highest BCUT2D eigenvalue weighted by Gasteiger charge is 2.22. The Kier molecular flexibility index (Phi) is 3.14. The average Bonchev–Trinajstić information content (AvgIpc) is 2.64. The Morgan fingerprint density at radius 2 is 1.71 bits per heavy atom. The number of rotatable bonds is 2. The maximum atomic E-state index is 3.34. The van der Waals surface area contributed by atoms with Crippen LogP contribution in [0.1, 0.15) is 30.5 Å². The van der Waals surface area contributed by atoms with E-state index in [4.69, 9.17) is 0 Å². The SMILES string of the molecule is Cc1cc(C)c(N2CNC=C2C(C)C)c(C)c1. The second-order valence-electron chi connectivity index (χ2n) is 5.26. The fourth-order valence-corrected chi connectivity index (χ4v) is 2.70. The van der Waals surface area contributed by atoms with Crippen molar-refractivity contribution in [1.29, 1.82) is 0 Å². The molecule has 0 unspecified atom stereocenters. The van der Waals surface area contributed by atoms with Crippen LogP contribution in [0.3, 0.4) is 0 Å². The Bertz CT molecular complexity index is 435. The largest absolute Gasteiger partial charge is 0.372 e. The second kappa shape index (κ2) is 4.44. The summed E-state index contributed by atoms with van der Waals surface area (Å²) in [7, 11) is 0. The molecular formula is C15H22N2. The van der Waals surface area contributed by atoms with Crippen molar-refractivity contribution in [1.82, 2.24) is 5.32 Å². The molecule has 1 heterocycles. The van der Waals surface area contributed by atoms with Gasteiger partial charge in [0.15, 0.2) is 0 Å². The van der Waals surface area contributed by atoms with Gasteiger partial charge in [-0.2, -0.15) is 0 Å². The third-order valence-corrected chi connectivity index (χ3v) is 3.31. The van der Waals surface area contributed by atoms with Crippen molar-refractivity contribution in [2.24, 2.45) is 5.92 Å². The molecule has 0 bridgehead atoms. The average molecular weight is 230 g/mol. The van der Waals surface area contributed by atoms with Crippen LogP contribution in [0.2, 0.25) is 0 Å². The molecule has 1 aliphatic heterocycles. The minimum absolute atomic E-state index is 0.546. The van der Waals surface area contributed by atoms with E-state index >= 15 is 0 Å². The van der Waals surface area contributed by atoms with Crippen LogP contribution >= 0.6 is 0 Å². The van der Waals surface area contributed by atoms with Gasteiger partial charge in [-0.05, 0) is 37.8 Å². The standard InChI is InChI=1S/C15H22N2/c1-10(2)14-8-16-9-17(14)15-12(4)6-11(3)7-13(15)5/h6-8,10,16H,9H2,1-5H3. The van der Waals surface area contributed by atoms with Crippen LogP contribution in [0.25, 0.3) is 0 Å². The topological polar surface area (TPSA) is 15.3 Å². The first-order chi connectivity index (χ1) is 8.00. The Morgan fingerprint density at radius 1 is 1.12 bits per heavy atom. The first kappa shape index (κ1) is 12.0. The minimum Gasteiger partial charge on any atom is -0.372 e. The van der Waals surface area contributed by atoms with E-state index in [1.165, 1.54) is 28.1 Å². The van der Waals surface area contributed by atoms with Crippen molar-refractivity contribution in [2.45, 2.75) is 34.6 Å². The van der Waals surface area contributed by atoms with E-state index in [1.54, 1.807) is 0 Å². The van der Waals surface area contributed by atoms with Gasteiger partial charge in [-0.25, -0.2) is 0 Å². The number of hydrogen-bond donors (Lipinski definition) is 1. The van der Waals surface area contributed by atoms with Crippen molar-refractivity contribution in [2.75, 3.05) is 11.6 Å². The van der Waals surface area contributed by atoms with Crippen LogP contribution < -0.4 is 10.2 Å². The molecule has 17 heavy (non-hydrogen) atoms. The molecule has 0 aliphatic carbocycles. The summed E-state index contributed by atoms with van der Waals surface area (Å²) in [6.45, 7) is 11.9. The number of aryl methyl sites for hydroxylation is 3. The number of hydrogen-bond acceptors (Lipinski definition) is 2. The van der Waals surface area contributed by atoms with E-state index in [0.29, 0.717) is 5.92 Å². The summed E-state index contributed by atoms with van der Waals surface area (Å²) < 4.78 is 0. The molecule has 2 heteroatoms. The van der Waals surface area contributed by atoms with Gasteiger partial charge in [0.05, 0.1) is 6.67 Å². The Labute approximate surface area is 104 Å². The smallest absolute Gasteiger partial charge is 0.0919 e. The Hall–Kier alpha value is -1.44. The summed E-state index contributed by atoms with van der Waals surface area (Å²) in [5.41, 5.74) is 6.79. The molecule has 0 saturated heterocycles. The highest BCUT2D eigenvalue weighted by atomic mass is 15.3. The molecule has 1 aromatic carbocycles. The van der Waals surface area contributed by atoms with Crippen LogP contribution in [-0.4, -0.2) is 6.67 Å². The molecule has 1 N–H and O–H groups in total. The molecule has 1 aliphatic rings. The maximum absolute atomic E-state index is 3.34. The molecule has 0 saturated carbocycles. The van der Waals surface area contributed by atoms with Gasteiger partial charge < -0.3 is 10.2 Å².